The van der Waals surface area contributed by atoms with Gasteiger partial charge in [-0.15, -0.1) is 0 Å². The molecule has 1 heterocycles. The average molecular weight is 263 g/mol. The Hall–Kier alpha value is -1.87. The van der Waals surface area contributed by atoms with E-state index in [9.17, 15) is 4.79 Å². The van der Waals surface area contributed by atoms with E-state index in [1.807, 2.05) is 55.7 Å². The molecule has 2 aromatic rings. The summed E-state index contributed by atoms with van der Waals surface area (Å²) in [7, 11) is 0. The summed E-state index contributed by atoms with van der Waals surface area (Å²) in [5.41, 5.74) is 2.77. The molecule has 0 spiro atoms. The van der Waals surface area contributed by atoms with Crippen molar-refractivity contribution in [3.63, 3.8) is 0 Å². The first-order chi connectivity index (χ1) is 8.27. The molecule has 18 heavy (non-hydrogen) atoms. The Morgan fingerprint density at radius 3 is 2.67 bits per heavy atom. The molecular formula is C14H15ClN2O. The Bertz CT molecular complexity index is 514. The summed E-state index contributed by atoms with van der Waals surface area (Å²) in [5, 5.41) is 2.90. The Morgan fingerprint density at radius 1 is 1.22 bits per heavy atom. The summed E-state index contributed by atoms with van der Waals surface area (Å²) in [6, 6.07) is 11.5. The third kappa shape index (κ3) is 3.57. The maximum absolute atomic E-state index is 11.9. The minimum absolute atomic E-state index is 0. The molecule has 4 heteroatoms. The van der Waals surface area contributed by atoms with Crippen LogP contribution in [0.5, 0.6) is 0 Å². The number of aryl methyl sites for hydroxylation is 1. The molecule has 0 bridgehead atoms. The lowest BCUT2D eigenvalue weighted by Crippen LogP contribution is -3.00. The molecule has 0 fully saturated rings. The van der Waals surface area contributed by atoms with Gasteiger partial charge >= 0.3 is 0 Å². The molecule has 0 saturated heterocycles. The zero-order valence-electron chi connectivity index (χ0n) is 10.1. The van der Waals surface area contributed by atoms with Gasteiger partial charge in [-0.2, -0.15) is 0 Å². The predicted molar refractivity (Wildman–Crippen MR) is 65.3 cm³/mol. The molecule has 0 unspecified atom stereocenters. The Labute approximate surface area is 113 Å². The largest absolute Gasteiger partial charge is 1.00 e. The maximum Gasteiger partial charge on any atom is 0.251 e. The summed E-state index contributed by atoms with van der Waals surface area (Å²) >= 11 is 0. The first kappa shape index (κ1) is 14.2. The van der Waals surface area contributed by atoms with Crippen LogP contribution in [-0.4, -0.2) is 5.91 Å². The maximum atomic E-state index is 11.9. The third-order valence-corrected chi connectivity index (χ3v) is 2.61. The number of aromatic amines is 1. The van der Waals surface area contributed by atoms with Gasteiger partial charge in [0.25, 0.3) is 5.91 Å². The highest BCUT2D eigenvalue weighted by atomic mass is 35.5. The van der Waals surface area contributed by atoms with Crippen molar-refractivity contribution in [2.75, 3.05) is 0 Å². The lowest BCUT2D eigenvalue weighted by Gasteiger charge is -2.06. The van der Waals surface area contributed by atoms with Gasteiger partial charge in [0.2, 0.25) is 0 Å². The van der Waals surface area contributed by atoms with Crippen LogP contribution in [0.15, 0.2) is 48.8 Å². The first-order valence-electron chi connectivity index (χ1n) is 5.56. The molecule has 1 aromatic heterocycles. The van der Waals surface area contributed by atoms with Crippen molar-refractivity contribution in [1.29, 1.82) is 0 Å². The van der Waals surface area contributed by atoms with Crippen LogP contribution in [-0.2, 0) is 6.54 Å². The number of H-pyrrole nitrogens is 1. The lowest BCUT2D eigenvalue weighted by molar-refractivity contribution is -0.378. The van der Waals surface area contributed by atoms with Crippen molar-refractivity contribution < 1.29 is 22.2 Å². The van der Waals surface area contributed by atoms with Crippen molar-refractivity contribution >= 4 is 5.91 Å². The molecule has 2 N–H and O–H groups in total. The number of carbonyl (C=O) groups excluding carboxylic acids is 1. The van der Waals surface area contributed by atoms with Gasteiger partial charge < -0.3 is 17.7 Å². The predicted octanol–water partition coefficient (Wildman–Crippen LogP) is -1.26. The quantitative estimate of drug-likeness (QED) is 0.738. The van der Waals surface area contributed by atoms with Gasteiger partial charge in [0.15, 0.2) is 12.4 Å². The molecular weight excluding hydrogens is 248 g/mol. The zero-order valence-corrected chi connectivity index (χ0v) is 10.9. The van der Waals surface area contributed by atoms with E-state index in [1.165, 1.54) is 0 Å². The van der Waals surface area contributed by atoms with Crippen LogP contribution >= 0.6 is 0 Å². The molecule has 2 rings (SSSR count). The average Bonchev–Trinajstić information content (AvgIpc) is 2.38. The SMILES string of the molecule is Cc1ccccc1C(=O)NCc1ccc[nH+]c1.[Cl-]. The molecule has 0 saturated carbocycles. The summed E-state index contributed by atoms with van der Waals surface area (Å²) < 4.78 is 0. The molecule has 1 amide bonds. The third-order valence-electron chi connectivity index (χ3n) is 2.61. The number of nitrogens with one attached hydrogen (secondary N) is 2. The normalized spacial score (nSPS) is 9.39. The first-order valence-corrected chi connectivity index (χ1v) is 5.56. The van der Waals surface area contributed by atoms with Crippen molar-refractivity contribution in [1.82, 2.24) is 5.32 Å². The van der Waals surface area contributed by atoms with Gasteiger partial charge in [-0.25, -0.2) is 4.98 Å². The number of pyridine rings is 1. The Balaban J connectivity index is 0.00000162. The van der Waals surface area contributed by atoms with Crippen LogP contribution in [0.2, 0.25) is 0 Å². The van der Waals surface area contributed by atoms with Gasteiger partial charge in [-0.1, -0.05) is 18.2 Å². The van der Waals surface area contributed by atoms with Crippen LogP contribution < -0.4 is 22.7 Å². The molecule has 0 radical (unpaired) electrons. The fourth-order valence-corrected chi connectivity index (χ4v) is 1.65. The molecule has 3 nitrogen and oxygen atoms in total. The van der Waals surface area contributed by atoms with Crippen molar-refractivity contribution in [3.05, 3.63) is 65.5 Å². The van der Waals surface area contributed by atoms with E-state index in [0.29, 0.717) is 6.54 Å². The second kappa shape index (κ2) is 6.77. The van der Waals surface area contributed by atoms with E-state index in [-0.39, 0.29) is 18.3 Å². The standard InChI is InChI=1S/C14H14N2O.ClH/c1-11-5-2-3-7-13(11)14(17)16-10-12-6-4-8-15-9-12;/h2-9H,10H2,1H3,(H,16,17);1H. The Kier molecular flexibility index (Phi) is 5.33. The molecule has 0 aliphatic rings. The van der Waals surface area contributed by atoms with Crippen LogP contribution in [0.3, 0.4) is 0 Å². The number of amides is 1. The topological polar surface area (TPSA) is 43.2 Å². The number of halogens is 1. The van der Waals surface area contributed by atoms with E-state index in [2.05, 4.69) is 10.3 Å². The number of carbonyl (C=O) groups is 1. The second-order valence-electron chi connectivity index (χ2n) is 3.91. The van der Waals surface area contributed by atoms with Crippen LogP contribution in [0.4, 0.5) is 0 Å². The number of rotatable bonds is 3. The monoisotopic (exact) mass is 262 g/mol. The van der Waals surface area contributed by atoms with Crippen LogP contribution in [0.25, 0.3) is 0 Å². The van der Waals surface area contributed by atoms with Crippen molar-refractivity contribution in [2.24, 2.45) is 0 Å². The minimum atomic E-state index is -0.0352. The second-order valence-corrected chi connectivity index (χ2v) is 3.91. The van der Waals surface area contributed by atoms with Gasteiger partial charge in [0, 0.05) is 23.7 Å². The Morgan fingerprint density at radius 2 is 2.00 bits per heavy atom. The van der Waals surface area contributed by atoms with Crippen LogP contribution in [0, 0.1) is 6.92 Å². The minimum Gasteiger partial charge on any atom is -1.00 e. The lowest BCUT2D eigenvalue weighted by atomic mass is 10.1. The fourth-order valence-electron chi connectivity index (χ4n) is 1.65. The van der Waals surface area contributed by atoms with E-state index < -0.39 is 0 Å². The molecule has 1 aromatic carbocycles. The van der Waals surface area contributed by atoms with Gasteiger partial charge in [0.05, 0.1) is 0 Å². The number of aromatic nitrogens is 1. The molecule has 0 aliphatic carbocycles. The molecule has 94 valence electrons. The van der Waals surface area contributed by atoms with Crippen LogP contribution in [0.1, 0.15) is 21.5 Å². The summed E-state index contributed by atoms with van der Waals surface area (Å²) in [6.07, 6.45) is 3.71. The highest BCUT2D eigenvalue weighted by Gasteiger charge is 2.07. The van der Waals surface area contributed by atoms with E-state index in [0.717, 1.165) is 16.7 Å². The molecule has 0 aliphatic heterocycles. The highest BCUT2D eigenvalue weighted by Crippen LogP contribution is 2.06. The van der Waals surface area contributed by atoms with E-state index in [1.54, 1.807) is 0 Å². The number of hydrogen-bond donors (Lipinski definition) is 1. The van der Waals surface area contributed by atoms with E-state index >= 15 is 0 Å². The van der Waals surface area contributed by atoms with Gasteiger partial charge in [-0.05, 0) is 24.6 Å². The van der Waals surface area contributed by atoms with E-state index in [4.69, 9.17) is 0 Å². The fraction of sp³-hybridized carbons (Fsp3) is 0.143. The summed E-state index contributed by atoms with van der Waals surface area (Å²) in [4.78, 5) is 14.9. The smallest absolute Gasteiger partial charge is 0.251 e. The summed E-state index contributed by atoms with van der Waals surface area (Å²) in [6.45, 7) is 2.47. The van der Waals surface area contributed by atoms with Gasteiger partial charge in [0.1, 0.15) is 0 Å². The van der Waals surface area contributed by atoms with Gasteiger partial charge in [-0.3, -0.25) is 4.79 Å². The number of hydrogen-bond acceptors (Lipinski definition) is 1. The van der Waals surface area contributed by atoms with Crippen molar-refractivity contribution in [2.45, 2.75) is 13.5 Å². The summed E-state index contributed by atoms with van der Waals surface area (Å²) in [5.74, 6) is -0.0352. The molecule has 0 atom stereocenters. The zero-order chi connectivity index (χ0) is 12.1. The number of benzene rings is 1. The highest BCUT2D eigenvalue weighted by molar-refractivity contribution is 5.95. The van der Waals surface area contributed by atoms with Crippen molar-refractivity contribution in [3.8, 4) is 0 Å².